The zero-order valence-electron chi connectivity index (χ0n) is 14.1. The maximum absolute atomic E-state index is 6.01. The fraction of sp³-hybridized carbons (Fsp3) is 0.579. The van der Waals surface area contributed by atoms with Gasteiger partial charge in [0.15, 0.2) is 5.82 Å². The van der Waals surface area contributed by atoms with Crippen LogP contribution in [0.1, 0.15) is 38.5 Å². The Morgan fingerprint density at radius 2 is 1.96 bits per heavy atom. The lowest BCUT2D eigenvalue weighted by Crippen LogP contribution is -2.29. The van der Waals surface area contributed by atoms with Crippen LogP contribution in [-0.2, 0) is 0 Å². The van der Waals surface area contributed by atoms with Crippen LogP contribution in [0.2, 0.25) is 0 Å². The smallest absolute Gasteiger partial charge is 0.258 e. The molecule has 2 aromatic rings. The first-order valence-corrected chi connectivity index (χ1v) is 9.25. The van der Waals surface area contributed by atoms with Crippen LogP contribution in [0.15, 0.2) is 24.3 Å². The minimum atomic E-state index is 0.538. The molecule has 2 heterocycles. The average Bonchev–Trinajstić information content (AvgIpc) is 3.44. The second kappa shape index (κ2) is 7.34. The Labute approximate surface area is 143 Å². The van der Waals surface area contributed by atoms with E-state index >= 15 is 0 Å². The molecule has 2 fully saturated rings. The van der Waals surface area contributed by atoms with Gasteiger partial charge in [-0.2, -0.15) is 0 Å². The molecule has 1 aromatic carbocycles. The molecular weight excluding hydrogens is 300 g/mol. The van der Waals surface area contributed by atoms with Crippen molar-refractivity contribution in [1.82, 2.24) is 15.3 Å². The van der Waals surface area contributed by atoms with Crippen molar-refractivity contribution < 1.29 is 4.74 Å². The Balaban J connectivity index is 1.39. The van der Waals surface area contributed by atoms with Gasteiger partial charge in [0.25, 0.3) is 5.88 Å². The van der Waals surface area contributed by atoms with Crippen molar-refractivity contribution in [2.45, 2.75) is 44.6 Å². The van der Waals surface area contributed by atoms with Crippen molar-refractivity contribution in [2.75, 3.05) is 25.0 Å². The number of piperidine rings is 1. The number of hydrogen-bond acceptors (Lipinski definition) is 5. The lowest BCUT2D eigenvalue weighted by Gasteiger charge is -2.22. The molecule has 2 N–H and O–H groups in total. The maximum Gasteiger partial charge on any atom is 0.258 e. The molecule has 0 spiro atoms. The number of nitrogens with one attached hydrogen (secondary N) is 2. The molecule has 5 nitrogen and oxygen atoms in total. The average molecular weight is 326 g/mol. The molecular formula is C19H26N4O. The van der Waals surface area contributed by atoms with E-state index in [1.807, 2.05) is 24.3 Å². The van der Waals surface area contributed by atoms with Crippen LogP contribution >= 0.6 is 0 Å². The molecule has 1 saturated heterocycles. The van der Waals surface area contributed by atoms with E-state index in [0.717, 1.165) is 35.7 Å². The molecule has 1 saturated carbocycles. The highest BCUT2D eigenvalue weighted by Crippen LogP contribution is 2.30. The lowest BCUT2D eigenvalue weighted by atomic mass is 9.95. The van der Waals surface area contributed by atoms with Crippen LogP contribution in [0.3, 0.4) is 0 Å². The van der Waals surface area contributed by atoms with Crippen molar-refractivity contribution in [3.8, 4) is 5.88 Å². The Bertz CT molecular complexity index is 680. The monoisotopic (exact) mass is 326 g/mol. The summed E-state index contributed by atoms with van der Waals surface area (Å²) in [4.78, 5) is 9.40. The minimum Gasteiger partial charge on any atom is -0.475 e. The van der Waals surface area contributed by atoms with Crippen LogP contribution in [0, 0.1) is 5.92 Å². The topological polar surface area (TPSA) is 59.1 Å². The molecule has 2 aliphatic rings. The van der Waals surface area contributed by atoms with E-state index < -0.39 is 0 Å². The Morgan fingerprint density at radius 3 is 2.71 bits per heavy atom. The van der Waals surface area contributed by atoms with E-state index in [1.165, 1.54) is 38.6 Å². The summed E-state index contributed by atoms with van der Waals surface area (Å²) in [6.45, 7) is 3.04. The number of anilines is 1. The first-order chi connectivity index (χ1) is 11.9. The maximum atomic E-state index is 6.01. The zero-order valence-corrected chi connectivity index (χ0v) is 14.1. The van der Waals surface area contributed by atoms with Gasteiger partial charge in [0, 0.05) is 6.04 Å². The van der Waals surface area contributed by atoms with Gasteiger partial charge in [-0.05, 0) is 69.7 Å². The molecule has 0 radical (unpaired) electrons. The summed E-state index contributed by atoms with van der Waals surface area (Å²) in [7, 11) is 0. The van der Waals surface area contributed by atoms with Crippen molar-refractivity contribution in [3.05, 3.63) is 24.3 Å². The number of benzene rings is 1. The predicted molar refractivity (Wildman–Crippen MR) is 96.5 cm³/mol. The van der Waals surface area contributed by atoms with Gasteiger partial charge in [-0.1, -0.05) is 12.1 Å². The van der Waals surface area contributed by atoms with E-state index in [0.29, 0.717) is 18.5 Å². The highest BCUT2D eigenvalue weighted by Gasteiger charge is 2.24. The van der Waals surface area contributed by atoms with Crippen molar-refractivity contribution in [3.63, 3.8) is 0 Å². The minimum absolute atomic E-state index is 0.538. The number of para-hydroxylation sites is 2. The molecule has 1 aliphatic heterocycles. The number of rotatable bonds is 7. The standard InChI is InChI=1S/C19H26N4O/c1-2-8-17-16(7-1)22-18(21-15-9-10-15)19(23-17)24-12-4-6-14-5-3-11-20-13-14/h1-2,7-8,14-15,20H,3-6,9-13H2,(H,21,22)/t14-/m0/s1. The van der Waals surface area contributed by atoms with Crippen LogP contribution < -0.4 is 15.4 Å². The molecule has 0 bridgehead atoms. The number of fused-ring (bicyclic) bond motifs is 1. The summed E-state index contributed by atoms with van der Waals surface area (Å²) in [5, 5.41) is 6.94. The number of hydrogen-bond donors (Lipinski definition) is 2. The first kappa shape index (κ1) is 15.6. The summed E-state index contributed by atoms with van der Waals surface area (Å²) in [6, 6.07) is 8.52. The van der Waals surface area contributed by atoms with E-state index in [9.17, 15) is 0 Å². The third kappa shape index (κ3) is 3.96. The summed E-state index contributed by atoms with van der Waals surface area (Å²) in [6.07, 6.45) is 7.36. The van der Waals surface area contributed by atoms with Crippen LogP contribution in [-0.4, -0.2) is 35.7 Å². The van der Waals surface area contributed by atoms with Crippen molar-refractivity contribution in [1.29, 1.82) is 0 Å². The van der Waals surface area contributed by atoms with E-state index in [-0.39, 0.29) is 0 Å². The summed E-state index contributed by atoms with van der Waals surface area (Å²) in [5.41, 5.74) is 1.81. The molecule has 0 unspecified atom stereocenters. The van der Waals surface area contributed by atoms with Gasteiger partial charge in [0.05, 0.1) is 17.6 Å². The van der Waals surface area contributed by atoms with E-state index in [1.54, 1.807) is 0 Å². The van der Waals surface area contributed by atoms with Gasteiger partial charge in [-0.25, -0.2) is 9.97 Å². The molecule has 4 rings (SSSR count). The molecule has 24 heavy (non-hydrogen) atoms. The normalized spacial score (nSPS) is 20.9. The number of ether oxygens (including phenoxy) is 1. The Morgan fingerprint density at radius 1 is 1.12 bits per heavy atom. The molecule has 0 amide bonds. The predicted octanol–water partition coefficient (Wildman–Crippen LogP) is 3.36. The van der Waals surface area contributed by atoms with Crippen LogP contribution in [0.25, 0.3) is 11.0 Å². The quantitative estimate of drug-likeness (QED) is 0.764. The van der Waals surface area contributed by atoms with Crippen LogP contribution in [0.5, 0.6) is 5.88 Å². The zero-order chi connectivity index (χ0) is 16.2. The van der Waals surface area contributed by atoms with Gasteiger partial charge in [0.1, 0.15) is 0 Å². The summed E-state index contributed by atoms with van der Waals surface area (Å²) < 4.78 is 6.01. The Kier molecular flexibility index (Phi) is 4.78. The van der Waals surface area contributed by atoms with E-state index in [4.69, 9.17) is 9.72 Å². The van der Waals surface area contributed by atoms with E-state index in [2.05, 4.69) is 15.6 Å². The molecule has 1 atom stereocenters. The highest BCUT2D eigenvalue weighted by atomic mass is 16.5. The first-order valence-electron chi connectivity index (χ1n) is 9.25. The molecule has 1 aromatic heterocycles. The van der Waals surface area contributed by atoms with Crippen molar-refractivity contribution in [2.24, 2.45) is 5.92 Å². The third-order valence-corrected chi connectivity index (χ3v) is 4.85. The fourth-order valence-corrected chi connectivity index (χ4v) is 3.31. The van der Waals surface area contributed by atoms with Gasteiger partial charge in [-0.15, -0.1) is 0 Å². The summed E-state index contributed by atoms with van der Waals surface area (Å²) in [5.74, 6) is 2.26. The Hall–Kier alpha value is -1.88. The van der Waals surface area contributed by atoms with Crippen molar-refractivity contribution >= 4 is 16.9 Å². The highest BCUT2D eigenvalue weighted by molar-refractivity contribution is 5.77. The third-order valence-electron chi connectivity index (χ3n) is 4.85. The molecule has 5 heteroatoms. The number of nitrogens with zero attached hydrogens (tertiary/aromatic N) is 2. The van der Waals surface area contributed by atoms with Gasteiger partial charge in [-0.3, -0.25) is 0 Å². The van der Waals surface area contributed by atoms with Gasteiger partial charge in [0.2, 0.25) is 0 Å². The fourth-order valence-electron chi connectivity index (χ4n) is 3.31. The lowest BCUT2D eigenvalue weighted by molar-refractivity contribution is 0.269. The largest absolute Gasteiger partial charge is 0.475 e. The molecule has 1 aliphatic carbocycles. The SMILES string of the molecule is c1ccc2nc(OCCC[C@@H]3CCCNC3)c(NC3CC3)nc2c1. The second-order valence-electron chi connectivity index (χ2n) is 6.99. The van der Waals surface area contributed by atoms with Gasteiger partial charge < -0.3 is 15.4 Å². The molecule has 128 valence electrons. The van der Waals surface area contributed by atoms with Gasteiger partial charge >= 0.3 is 0 Å². The summed E-state index contributed by atoms with van der Waals surface area (Å²) >= 11 is 0. The van der Waals surface area contributed by atoms with Crippen LogP contribution in [0.4, 0.5) is 5.82 Å². The number of aromatic nitrogens is 2. The second-order valence-corrected chi connectivity index (χ2v) is 6.99.